The lowest BCUT2D eigenvalue weighted by Gasteiger charge is -2.35. The van der Waals surface area contributed by atoms with Crippen LogP contribution in [0.4, 0.5) is 4.79 Å². The van der Waals surface area contributed by atoms with Gasteiger partial charge in [-0.05, 0) is 37.5 Å². The lowest BCUT2D eigenvalue weighted by molar-refractivity contribution is -0.142. The molecule has 0 spiro atoms. The van der Waals surface area contributed by atoms with Crippen LogP contribution in [0, 0.1) is 11.3 Å². The zero-order valence-corrected chi connectivity index (χ0v) is 21.2. The molecule has 2 saturated heterocycles. The lowest BCUT2D eigenvalue weighted by atomic mass is 9.85. The van der Waals surface area contributed by atoms with Gasteiger partial charge in [0.05, 0.1) is 0 Å². The van der Waals surface area contributed by atoms with Crippen LogP contribution in [-0.4, -0.2) is 83.8 Å². The van der Waals surface area contributed by atoms with Crippen LogP contribution in [0.15, 0.2) is 12.7 Å². The number of hydrogen-bond acceptors (Lipinski definition) is 6. The Morgan fingerprint density at radius 2 is 1.74 bits per heavy atom. The third-order valence-electron chi connectivity index (χ3n) is 6.90. The van der Waals surface area contributed by atoms with Crippen LogP contribution >= 0.6 is 0 Å². The van der Waals surface area contributed by atoms with Crippen molar-refractivity contribution in [3.63, 3.8) is 0 Å². The minimum atomic E-state index is -4.03. The van der Waals surface area contributed by atoms with E-state index in [2.05, 4.69) is 21.9 Å². The summed E-state index contributed by atoms with van der Waals surface area (Å²) in [6.07, 6.45) is 2.63. The van der Waals surface area contributed by atoms with E-state index in [-0.39, 0.29) is 13.0 Å². The quantitative estimate of drug-likeness (QED) is 0.336. The van der Waals surface area contributed by atoms with Gasteiger partial charge in [-0.3, -0.25) is 14.4 Å². The molecule has 1 aliphatic carbocycles. The van der Waals surface area contributed by atoms with Crippen LogP contribution in [0.25, 0.3) is 0 Å². The lowest BCUT2D eigenvalue weighted by Crippen LogP contribution is -2.60. The molecule has 35 heavy (non-hydrogen) atoms. The molecule has 4 N–H and O–H groups in total. The molecule has 3 aliphatic rings. The Morgan fingerprint density at radius 3 is 2.26 bits per heavy atom. The Morgan fingerprint density at radius 1 is 1.11 bits per heavy atom. The molecule has 0 aromatic heterocycles. The van der Waals surface area contributed by atoms with Gasteiger partial charge in [0.2, 0.25) is 11.8 Å². The van der Waals surface area contributed by atoms with Crippen LogP contribution in [0.5, 0.6) is 0 Å². The molecule has 0 bridgehead atoms. The number of rotatable bonds is 8. The molecule has 4 atom stereocenters. The fourth-order valence-corrected chi connectivity index (χ4v) is 6.06. The van der Waals surface area contributed by atoms with Gasteiger partial charge in [-0.1, -0.05) is 26.8 Å². The number of carboxylic acid groups (broad SMARTS) is 1. The van der Waals surface area contributed by atoms with Crippen molar-refractivity contribution in [2.24, 2.45) is 11.3 Å². The second-order valence-electron chi connectivity index (χ2n) is 10.5. The largest absolute Gasteiger partial charge is 0.465 e. The van der Waals surface area contributed by atoms with Gasteiger partial charge in [-0.2, -0.15) is 12.7 Å². The van der Waals surface area contributed by atoms with Crippen molar-refractivity contribution in [1.82, 2.24) is 24.6 Å². The van der Waals surface area contributed by atoms with Crippen molar-refractivity contribution >= 4 is 34.0 Å². The molecule has 0 aromatic carbocycles. The Labute approximate surface area is 205 Å². The molecule has 0 aromatic rings. The number of nitrogens with zero attached hydrogens (tertiary/aromatic N) is 2. The number of carbonyl (C=O) groups is 4. The van der Waals surface area contributed by atoms with E-state index in [1.807, 2.05) is 0 Å². The summed E-state index contributed by atoms with van der Waals surface area (Å²) in [6, 6.07) is -1.98. The predicted molar refractivity (Wildman–Crippen MR) is 126 cm³/mol. The van der Waals surface area contributed by atoms with E-state index in [1.54, 1.807) is 20.8 Å². The van der Waals surface area contributed by atoms with E-state index < -0.39 is 63.0 Å². The molecule has 3 fully saturated rings. The zero-order valence-electron chi connectivity index (χ0n) is 20.4. The molecule has 2 unspecified atom stereocenters. The third kappa shape index (κ3) is 5.61. The Balaban J connectivity index is 1.75. The van der Waals surface area contributed by atoms with Crippen molar-refractivity contribution in [3.8, 4) is 0 Å². The first kappa shape index (κ1) is 26.9. The number of nitrogens with one attached hydrogen (secondary N) is 3. The van der Waals surface area contributed by atoms with E-state index in [4.69, 9.17) is 0 Å². The van der Waals surface area contributed by atoms with E-state index in [0.717, 1.165) is 0 Å². The molecule has 1 saturated carbocycles. The molecule has 0 radical (unpaired) electrons. The van der Waals surface area contributed by atoms with Crippen molar-refractivity contribution in [2.75, 3.05) is 19.6 Å². The second-order valence-corrected chi connectivity index (χ2v) is 12.2. The SMILES string of the molecule is C=CC1CC1(NC(=O)[C@@H]1CCCN1C(=O)[C@@H](NC(=O)O)C(C)(C)C)C(=O)NS(=O)(=O)N1CCCC1. The van der Waals surface area contributed by atoms with E-state index >= 15 is 0 Å². The summed E-state index contributed by atoms with van der Waals surface area (Å²) in [5.41, 5.74) is -2.21. The van der Waals surface area contributed by atoms with Crippen molar-refractivity contribution in [3.05, 3.63) is 12.7 Å². The molecule has 2 aliphatic heterocycles. The summed E-state index contributed by atoms with van der Waals surface area (Å²) in [6.45, 7) is 9.75. The Kier molecular flexibility index (Phi) is 7.51. The molecular weight excluding hydrogens is 478 g/mol. The summed E-state index contributed by atoms with van der Waals surface area (Å²) < 4.78 is 28.5. The summed E-state index contributed by atoms with van der Waals surface area (Å²) >= 11 is 0. The number of likely N-dealkylation sites (tertiary alicyclic amines) is 1. The van der Waals surface area contributed by atoms with E-state index in [0.29, 0.717) is 38.8 Å². The van der Waals surface area contributed by atoms with Gasteiger partial charge in [-0.25, -0.2) is 9.52 Å². The molecule has 4 amide bonds. The van der Waals surface area contributed by atoms with Crippen molar-refractivity contribution < 1.29 is 32.7 Å². The first-order chi connectivity index (χ1) is 16.2. The van der Waals surface area contributed by atoms with Crippen LogP contribution in [-0.2, 0) is 24.6 Å². The minimum absolute atomic E-state index is 0.190. The highest BCUT2D eigenvalue weighted by atomic mass is 32.2. The fourth-order valence-electron chi connectivity index (χ4n) is 4.78. The first-order valence-corrected chi connectivity index (χ1v) is 13.2. The standard InChI is InChI=1S/C22H35N5O7S/c1-5-14-13-22(14,19(30)25-35(33,34)26-10-6-7-11-26)24-17(28)15-9-8-12-27(15)18(29)16(21(2,3)4)23-20(31)32/h5,14-16,23H,1,6-13H2,2-4H3,(H,24,28)(H,25,30)(H,31,32)/t14?,15-,16+,22?/m0/s1. The van der Waals surface area contributed by atoms with Gasteiger partial charge in [0.25, 0.3) is 5.91 Å². The smallest absolute Gasteiger partial charge is 0.405 e. The van der Waals surface area contributed by atoms with Crippen LogP contribution in [0.3, 0.4) is 0 Å². The molecular formula is C22H35N5O7S. The van der Waals surface area contributed by atoms with Gasteiger partial charge in [0, 0.05) is 25.6 Å². The predicted octanol–water partition coefficient (Wildman–Crippen LogP) is 0.177. The average molecular weight is 514 g/mol. The molecule has 3 rings (SSSR count). The number of amides is 4. The monoisotopic (exact) mass is 513 g/mol. The maximum absolute atomic E-state index is 13.3. The highest BCUT2D eigenvalue weighted by molar-refractivity contribution is 7.87. The molecule has 12 nitrogen and oxygen atoms in total. The summed E-state index contributed by atoms with van der Waals surface area (Å²) in [4.78, 5) is 52.2. The van der Waals surface area contributed by atoms with Gasteiger partial charge in [0.15, 0.2) is 0 Å². The fraction of sp³-hybridized carbons (Fsp3) is 0.727. The summed E-state index contributed by atoms with van der Waals surface area (Å²) in [5.74, 6) is -2.40. The number of carbonyl (C=O) groups excluding carboxylic acids is 3. The van der Waals surface area contributed by atoms with Gasteiger partial charge < -0.3 is 20.6 Å². The minimum Gasteiger partial charge on any atom is -0.465 e. The van der Waals surface area contributed by atoms with E-state index in [1.165, 1.54) is 15.3 Å². The highest BCUT2D eigenvalue weighted by Gasteiger charge is 2.61. The Hall–Kier alpha value is -2.67. The Bertz CT molecular complexity index is 1000. The highest BCUT2D eigenvalue weighted by Crippen LogP contribution is 2.45. The maximum atomic E-state index is 13.3. The molecule has 2 heterocycles. The molecule has 13 heteroatoms. The normalized spacial score (nSPS) is 27.7. The third-order valence-corrected chi connectivity index (χ3v) is 8.38. The zero-order chi connectivity index (χ0) is 26.2. The topological polar surface area (TPSA) is 165 Å². The van der Waals surface area contributed by atoms with Crippen LogP contribution < -0.4 is 15.4 Å². The van der Waals surface area contributed by atoms with Crippen LogP contribution in [0.2, 0.25) is 0 Å². The van der Waals surface area contributed by atoms with Crippen molar-refractivity contribution in [1.29, 1.82) is 0 Å². The summed E-state index contributed by atoms with van der Waals surface area (Å²) in [5, 5.41) is 14.1. The molecule has 196 valence electrons. The number of hydrogen-bond donors (Lipinski definition) is 4. The van der Waals surface area contributed by atoms with Crippen LogP contribution in [0.1, 0.15) is 52.9 Å². The summed E-state index contributed by atoms with van der Waals surface area (Å²) in [7, 11) is -4.03. The maximum Gasteiger partial charge on any atom is 0.405 e. The van der Waals surface area contributed by atoms with Gasteiger partial charge >= 0.3 is 16.3 Å². The first-order valence-electron chi connectivity index (χ1n) is 11.8. The second kappa shape index (κ2) is 9.76. The van der Waals surface area contributed by atoms with Gasteiger partial charge in [0.1, 0.15) is 17.6 Å². The van der Waals surface area contributed by atoms with Gasteiger partial charge in [-0.15, -0.1) is 6.58 Å². The van der Waals surface area contributed by atoms with E-state index in [9.17, 15) is 32.7 Å². The van der Waals surface area contributed by atoms with Crippen molar-refractivity contribution in [2.45, 2.75) is 70.5 Å². The average Bonchev–Trinajstić information content (AvgIpc) is 3.16.